The van der Waals surface area contributed by atoms with Crippen LogP contribution in [0.4, 0.5) is 0 Å². The summed E-state index contributed by atoms with van der Waals surface area (Å²) in [6.07, 6.45) is 7.47. The zero-order valence-electron chi connectivity index (χ0n) is 34.5. The lowest BCUT2D eigenvalue weighted by Crippen LogP contribution is -2.33. The Labute approximate surface area is 361 Å². The summed E-state index contributed by atoms with van der Waals surface area (Å²) in [5.74, 6) is 2.01. The molecule has 0 fully saturated rings. The molecule has 4 heterocycles. The molecular formula is C51H44N4O6S. The molecule has 0 bridgehead atoms. The molecule has 8 rings (SSSR count). The third kappa shape index (κ3) is 8.08. The molecule has 8 aromatic rings. The van der Waals surface area contributed by atoms with Gasteiger partial charge in [0.25, 0.3) is 0 Å². The largest absolute Gasteiger partial charge is 0.457 e. The molecule has 0 aliphatic carbocycles. The van der Waals surface area contributed by atoms with Crippen molar-refractivity contribution >= 4 is 9.84 Å². The number of benzene rings is 4. The zero-order chi connectivity index (χ0) is 43.5. The normalized spacial score (nSPS) is 12.2. The molecule has 310 valence electrons. The van der Waals surface area contributed by atoms with E-state index >= 15 is 0 Å². The van der Waals surface area contributed by atoms with Crippen molar-refractivity contribution in [3.8, 4) is 23.0 Å². The second-order valence-corrected chi connectivity index (χ2v) is 17.5. The molecule has 0 aliphatic heterocycles. The molecule has 0 aliphatic rings. The number of aliphatic hydroxyl groups is 2. The van der Waals surface area contributed by atoms with Crippen molar-refractivity contribution in [2.75, 3.05) is 6.26 Å². The van der Waals surface area contributed by atoms with Gasteiger partial charge in [0, 0.05) is 47.6 Å². The van der Waals surface area contributed by atoms with Crippen LogP contribution in [0.25, 0.3) is 0 Å². The second-order valence-electron chi connectivity index (χ2n) is 15.6. The fourth-order valence-corrected chi connectivity index (χ4v) is 8.59. The van der Waals surface area contributed by atoms with E-state index in [0.29, 0.717) is 39.9 Å². The van der Waals surface area contributed by atoms with Crippen molar-refractivity contribution in [1.82, 2.24) is 19.9 Å². The fourth-order valence-electron chi connectivity index (χ4n) is 7.67. The molecule has 62 heavy (non-hydrogen) atoms. The first-order valence-electron chi connectivity index (χ1n) is 19.9. The molecule has 4 aromatic heterocycles. The quantitative estimate of drug-likeness (QED) is 0.115. The first-order valence-corrected chi connectivity index (χ1v) is 21.8. The molecule has 0 unspecified atom stereocenters. The maximum absolute atomic E-state index is 13.1. The Kier molecular flexibility index (Phi) is 11.3. The average molecular weight is 841 g/mol. The average Bonchev–Trinajstić information content (AvgIpc) is 3.30. The third-order valence-corrected chi connectivity index (χ3v) is 12.3. The van der Waals surface area contributed by atoms with Crippen LogP contribution < -0.4 is 9.47 Å². The van der Waals surface area contributed by atoms with Gasteiger partial charge in [0.2, 0.25) is 0 Å². The molecule has 0 saturated heterocycles. The van der Waals surface area contributed by atoms with E-state index in [1.807, 2.05) is 97.9 Å². The maximum Gasteiger partial charge on any atom is 0.175 e. The maximum atomic E-state index is 13.1. The number of hydrogen-bond donors (Lipinski definition) is 2. The third-order valence-electron chi connectivity index (χ3n) is 11.1. The summed E-state index contributed by atoms with van der Waals surface area (Å²) in [6.45, 7) is 6.20. The van der Waals surface area contributed by atoms with Crippen molar-refractivity contribution in [2.24, 2.45) is 0 Å². The first-order chi connectivity index (χ1) is 29.8. The Morgan fingerprint density at radius 2 is 0.823 bits per heavy atom. The monoisotopic (exact) mass is 840 g/mol. The van der Waals surface area contributed by atoms with Crippen molar-refractivity contribution < 1.29 is 28.1 Å². The highest BCUT2D eigenvalue weighted by Crippen LogP contribution is 2.42. The molecule has 2 N–H and O–H groups in total. The molecular weight excluding hydrogens is 797 g/mol. The first kappa shape index (κ1) is 41.7. The van der Waals surface area contributed by atoms with Gasteiger partial charge in [-0.15, -0.1) is 0 Å². The van der Waals surface area contributed by atoms with Crippen LogP contribution in [0.3, 0.4) is 0 Å². The number of sulfone groups is 1. The van der Waals surface area contributed by atoms with Gasteiger partial charge in [-0.2, -0.15) is 0 Å². The highest BCUT2D eigenvalue weighted by atomic mass is 32.2. The summed E-state index contributed by atoms with van der Waals surface area (Å²) in [6, 6.07) is 46.8. The number of aromatic nitrogens is 4. The zero-order valence-corrected chi connectivity index (χ0v) is 35.4. The number of nitrogens with zero attached hydrogens (tertiary/aromatic N) is 4. The molecule has 4 aromatic carbocycles. The van der Waals surface area contributed by atoms with E-state index in [1.54, 1.807) is 67.0 Å². The van der Waals surface area contributed by atoms with Gasteiger partial charge >= 0.3 is 0 Å². The van der Waals surface area contributed by atoms with Gasteiger partial charge in [0.15, 0.2) is 21.0 Å². The summed E-state index contributed by atoms with van der Waals surface area (Å²) in [4.78, 5) is 17.8. The van der Waals surface area contributed by atoms with E-state index in [1.165, 1.54) is 24.5 Å². The summed E-state index contributed by atoms with van der Waals surface area (Å²) in [5, 5.41) is 24.8. The Hall–Kier alpha value is -7.05. The summed E-state index contributed by atoms with van der Waals surface area (Å²) in [7, 11) is -3.81. The van der Waals surface area contributed by atoms with E-state index in [4.69, 9.17) is 9.47 Å². The minimum absolute atomic E-state index is 0.0679. The van der Waals surface area contributed by atoms with Crippen LogP contribution in [0.1, 0.15) is 64.4 Å². The minimum Gasteiger partial charge on any atom is -0.457 e. The van der Waals surface area contributed by atoms with E-state index in [2.05, 4.69) is 33.8 Å². The molecule has 0 amide bonds. The lowest BCUT2D eigenvalue weighted by molar-refractivity contribution is 0.112. The van der Waals surface area contributed by atoms with Gasteiger partial charge in [-0.3, -0.25) is 19.9 Å². The van der Waals surface area contributed by atoms with Crippen LogP contribution in [0, 0.1) is 6.92 Å². The number of hydrogen-bond acceptors (Lipinski definition) is 10. The van der Waals surface area contributed by atoms with Crippen molar-refractivity contribution in [2.45, 2.75) is 42.3 Å². The van der Waals surface area contributed by atoms with Gasteiger partial charge in [-0.1, -0.05) is 68.4 Å². The van der Waals surface area contributed by atoms with E-state index in [-0.39, 0.29) is 21.8 Å². The fraction of sp³-hybridized carbons (Fsp3) is 0.137. The van der Waals surface area contributed by atoms with Crippen LogP contribution in [0.15, 0.2) is 187 Å². The lowest BCUT2D eigenvalue weighted by atomic mass is 9.78. The summed E-state index contributed by atoms with van der Waals surface area (Å²) < 4.78 is 38.9. The van der Waals surface area contributed by atoms with E-state index in [0.717, 1.165) is 22.9 Å². The molecule has 10 nitrogen and oxygen atoms in total. The van der Waals surface area contributed by atoms with Gasteiger partial charge in [0.1, 0.15) is 23.0 Å². The van der Waals surface area contributed by atoms with Crippen molar-refractivity contribution in [3.63, 3.8) is 0 Å². The van der Waals surface area contributed by atoms with Crippen molar-refractivity contribution in [3.05, 3.63) is 233 Å². The van der Waals surface area contributed by atoms with Crippen LogP contribution in [0.2, 0.25) is 0 Å². The Balaban J connectivity index is 1.03. The number of ether oxygens (including phenoxy) is 2. The highest BCUT2D eigenvalue weighted by Gasteiger charge is 2.41. The number of pyridine rings is 4. The summed E-state index contributed by atoms with van der Waals surface area (Å²) in [5.41, 5.74) is 0.894. The van der Waals surface area contributed by atoms with Crippen LogP contribution >= 0.6 is 0 Å². The lowest BCUT2D eigenvalue weighted by Gasteiger charge is -2.30. The smallest absolute Gasteiger partial charge is 0.175 e. The van der Waals surface area contributed by atoms with Gasteiger partial charge < -0.3 is 19.7 Å². The second kappa shape index (κ2) is 16.8. The summed E-state index contributed by atoms with van der Waals surface area (Å²) >= 11 is 0. The molecule has 0 atom stereocenters. The predicted octanol–water partition coefficient (Wildman–Crippen LogP) is 9.46. The molecule has 0 saturated carbocycles. The Morgan fingerprint density at radius 1 is 0.468 bits per heavy atom. The van der Waals surface area contributed by atoms with Crippen LogP contribution in [0.5, 0.6) is 23.0 Å². The van der Waals surface area contributed by atoms with Crippen LogP contribution in [-0.2, 0) is 26.5 Å². The van der Waals surface area contributed by atoms with Gasteiger partial charge in [-0.25, -0.2) is 8.42 Å². The topological polar surface area (TPSA) is 145 Å². The van der Waals surface area contributed by atoms with Crippen LogP contribution in [-0.4, -0.2) is 44.8 Å². The van der Waals surface area contributed by atoms with Gasteiger partial charge in [0.05, 0.1) is 27.7 Å². The Morgan fingerprint density at radius 3 is 1.19 bits per heavy atom. The predicted molar refractivity (Wildman–Crippen MR) is 237 cm³/mol. The molecule has 11 heteroatoms. The van der Waals surface area contributed by atoms with Gasteiger partial charge in [-0.05, 0) is 127 Å². The van der Waals surface area contributed by atoms with E-state index < -0.39 is 26.5 Å². The van der Waals surface area contributed by atoms with Crippen molar-refractivity contribution in [1.29, 1.82) is 0 Å². The number of rotatable bonds is 13. The Bertz CT molecular complexity index is 2840. The molecule has 0 radical (unpaired) electrons. The molecule has 0 spiro atoms. The minimum atomic E-state index is -3.81. The SMILES string of the molecule is Cc1ccc(Oc2ccc(C(C)(C)c3ccc(Oc4ccc(S(C)(=O)=O)c(C(O)(c5ccccn5)c5ccccn5)c4)cc3)cc2)cc1C(O)(c1ccccn1)c1ccccn1. The van der Waals surface area contributed by atoms with E-state index in [9.17, 15) is 18.6 Å². The highest BCUT2D eigenvalue weighted by molar-refractivity contribution is 7.90. The number of aryl methyl sites for hydroxylation is 1. The standard InChI is InChI=1S/C51H44N4O6S/c1-35-17-22-40(33-42(35)50(56,45-13-5-9-29-52-45)46-14-6-10-30-53-46)60-38-23-18-36(19-24-38)49(2,3)37-20-25-39(26-21-37)61-41-27-28-44(62(4,58)59)43(34-41)51(57,47-15-7-11-31-54-47)48-16-8-12-32-55-48/h5-34,56-57H,1-4H3.